The van der Waals surface area contributed by atoms with E-state index in [-0.39, 0.29) is 12.5 Å². The summed E-state index contributed by atoms with van der Waals surface area (Å²) in [7, 11) is 1.50. The normalized spacial score (nSPS) is 12.9. The molecule has 0 spiro atoms. The number of hydrogen-bond donors (Lipinski definition) is 2. The standard InChI is InChI=1S/C26H20N6O3S/c1-35-20-3-2-10-28-22(20)23(24(33)31-26-29-11-12-36-26)32-15-18-8-6-16(13-19(18)25(32)34)4-5-17-7-9-21(27)30-14-17/h2-3,6-14,23H,15H2,1H3,(H2,27,30)(H,29,31,33). The average molecular weight is 497 g/mol. The number of methoxy groups -OCH3 is 1. The Hall–Kier alpha value is -4.75. The van der Waals surface area contributed by atoms with Crippen molar-refractivity contribution in [2.75, 3.05) is 18.2 Å². The van der Waals surface area contributed by atoms with Crippen LogP contribution < -0.4 is 15.8 Å². The van der Waals surface area contributed by atoms with Gasteiger partial charge < -0.3 is 15.4 Å². The summed E-state index contributed by atoms with van der Waals surface area (Å²) in [5.41, 5.74) is 8.61. The van der Waals surface area contributed by atoms with Crippen molar-refractivity contribution in [3.8, 4) is 17.6 Å². The Labute approximate surface area is 211 Å². The predicted octanol–water partition coefficient (Wildman–Crippen LogP) is 3.26. The Morgan fingerprint density at radius 1 is 1.14 bits per heavy atom. The summed E-state index contributed by atoms with van der Waals surface area (Å²) >= 11 is 1.29. The zero-order valence-corrected chi connectivity index (χ0v) is 20.0. The molecular formula is C26H20N6O3S. The fraction of sp³-hybridized carbons (Fsp3) is 0.115. The van der Waals surface area contributed by atoms with Crippen LogP contribution in [0.1, 0.15) is 38.8 Å². The van der Waals surface area contributed by atoms with E-state index < -0.39 is 11.9 Å². The Kier molecular flexibility index (Phi) is 6.30. The molecule has 2 amide bonds. The average Bonchev–Trinajstić information content (AvgIpc) is 3.52. The molecule has 1 aliphatic rings. The quantitative estimate of drug-likeness (QED) is 0.407. The van der Waals surface area contributed by atoms with Crippen LogP contribution in [0.4, 0.5) is 10.9 Å². The van der Waals surface area contributed by atoms with Gasteiger partial charge in [-0.2, -0.15) is 0 Å². The summed E-state index contributed by atoms with van der Waals surface area (Å²) in [6, 6.07) is 11.3. The maximum absolute atomic E-state index is 13.6. The van der Waals surface area contributed by atoms with Crippen LogP contribution in [0.25, 0.3) is 0 Å². The topological polar surface area (TPSA) is 123 Å². The van der Waals surface area contributed by atoms with Crippen LogP contribution in [0.3, 0.4) is 0 Å². The molecule has 5 rings (SSSR count). The number of hydrogen-bond acceptors (Lipinski definition) is 8. The van der Waals surface area contributed by atoms with Gasteiger partial charge >= 0.3 is 0 Å². The Balaban J connectivity index is 1.47. The highest BCUT2D eigenvalue weighted by Crippen LogP contribution is 2.35. The van der Waals surface area contributed by atoms with Crippen molar-refractivity contribution in [2.24, 2.45) is 0 Å². The lowest BCUT2D eigenvalue weighted by atomic mass is 10.1. The van der Waals surface area contributed by atoms with E-state index in [9.17, 15) is 9.59 Å². The van der Waals surface area contributed by atoms with E-state index in [4.69, 9.17) is 10.5 Å². The number of pyridine rings is 2. The molecule has 1 unspecified atom stereocenters. The van der Waals surface area contributed by atoms with Gasteiger partial charge in [-0.15, -0.1) is 11.3 Å². The molecule has 4 heterocycles. The largest absolute Gasteiger partial charge is 0.495 e. The number of nitrogens with one attached hydrogen (secondary N) is 1. The monoisotopic (exact) mass is 496 g/mol. The summed E-state index contributed by atoms with van der Waals surface area (Å²) in [5, 5.41) is 4.98. The van der Waals surface area contributed by atoms with E-state index in [1.54, 1.807) is 54.3 Å². The number of benzene rings is 1. The molecule has 0 saturated heterocycles. The third-order valence-corrected chi connectivity index (χ3v) is 6.27. The third kappa shape index (κ3) is 4.60. The lowest BCUT2D eigenvalue weighted by molar-refractivity contribution is -0.121. The van der Waals surface area contributed by atoms with E-state index in [0.29, 0.717) is 39.1 Å². The Bertz CT molecular complexity index is 1490. The highest BCUT2D eigenvalue weighted by molar-refractivity contribution is 7.13. The van der Waals surface area contributed by atoms with E-state index in [1.165, 1.54) is 23.3 Å². The number of rotatable bonds is 5. The minimum atomic E-state index is -1.03. The lowest BCUT2D eigenvalue weighted by Gasteiger charge is -2.27. The highest BCUT2D eigenvalue weighted by Gasteiger charge is 2.40. The minimum Gasteiger partial charge on any atom is -0.495 e. The van der Waals surface area contributed by atoms with Crippen LogP contribution in [0.5, 0.6) is 5.75 Å². The van der Waals surface area contributed by atoms with Gasteiger partial charge in [0.15, 0.2) is 11.2 Å². The third-order valence-electron chi connectivity index (χ3n) is 5.58. The molecule has 0 saturated carbocycles. The second-order valence-electron chi connectivity index (χ2n) is 7.85. The summed E-state index contributed by atoms with van der Waals surface area (Å²) in [5.74, 6) is 6.18. The van der Waals surface area contributed by atoms with Gasteiger partial charge in [-0.05, 0) is 42.0 Å². The molecule has 1 aromatic carbocycles. The van der Waals surface area contributed by atoms with Gasteiger partial charge in [-0.1, -0.05) is 17.9 Å². The second-order valence-corrected chi connectivity index (χ2v) is 8.74. The molecule has 3 N–H and O–H groups in total. The Morgan fingerprint density at radius 2 is 1.97 bits per heavy atom. The molecule has 0 aliphatic carbocycles. The highest BCUT2D eigenvalue weighted by atomic mass is 32.1. The molecule has 1 aliphatic heterocycles. The van der Waals surface area contributed by atoms with Crippen molar-refractivity contribution in [3.05, 3.63) is 94.4 Å². The Morgan fingerprint density at radius 3 is 2.72 bits per heavy atom. The molecule has 0 bridgehead atoms. The predicted molar refractivity (Wildman–Crippen MR) is 135 cm³/mol. The number of carbonyl (C=O) groups excluding carboxylic acids is 2. The summed E-state index contributed by atoms with van der Waals surface area (Å²) in [6.07, 6.45) is 4.75. The van der Waals surface area contributed by atoms with Crippen molar-refractivity contribution in [2.45, 2.75) is 12.6 Å². The smallest absolute Gasteiger partial charge is 0.255 e. The maximum Gasteiger partial charge on any atom is 0.255 e. The summed E-state index contributed by atoms with van der Waals surface area (Å²) in [4.78, 5) is 41.1. The van der Waals surface area contributed by atoms with Gasteiger partial charge in [0.25, 0.3) is 11.8 Å². The number of nitrogens with two attached hydrogens (primary N) is 1. The van der Waals surface area contributed by atoms with Crippen molar-refractivity contribution >= 4 is 34.1 Å². The number of fused-ring (bicyclic) bond motifs is 1. The summed E-state index contributed by atoms with van der Waals surface area (Å²) in [6.45, 7) is 0.236. The van der Waals surface area contributed by atoms with E-state index in [0.717, 1.165) is 5.56 Å². The first-order chi connectivity index (χ1) is 17.5. The number of carbonyl (C=O) groups is 2. The van der Waals surface area contributed by atoms with Crippen LogP contribution in [0, 0.1) is 11.8 Å². The SMILES string of the molecule is COc1cccnc1C(C(=O)Nc1nccs1)N1Cc2ccc(C#Cc3ccc(N)nc3)cc2C1=O. The van der Waals surface area contributed by atoms with Gasteiger partial charge in [0.1, 0.15) is 17.3 Å². The van der Waals surface area contributed by atoms with E-state index in [1.807, 2.05) is 12.1 Å². The van der Waals surface area contributed by atoms with Crippen molar-refractivity contribution in [3.63, 3.8) is 0 Å². The van der Waals surface area contributed by atoms with Crippen LogP contribution in [0.15, 0.2) is 66.4 Å². The van der Waals surface area contributed by atoms with E-state index >= 15 is 0 Å². The number of anilines is 2. The number of aromatic nitrogens is 3. The van der Waals surface area contributed by atoms with Gasteiger partial charge in [0.2, 0.25) is 0 Å². The molecule has 9 nitrogen and oxygen atoms in total. The van der Waals surface area contributed by atoms with Gasteiger partial charge in [-0.25, -0.2) is 9.97 Å². The number of amides is 2. The molecule has 3 aromatic heterocycles. The molecule has 10 heteroatoms. The number of nitrogens with zero attached hydrogens (tertiary/aromatic N) is 4. The van der Waals surface area contributed by atoms with Crippen molar-refractivity contribution in [1.82, 2.24) is 19.9 Å². The first-order valence-electron chi connectivity index (χ1n) is 10.9. The molecule has 178 valence electrons. The fourth-order valence-electron chi connectivity index (χ4n) is 3.89. The first kappa shape index (κ1) is 23.0. The van der Waals surface area contributed by atoms with Gasteiger partial charge in [0, 0.05) is 47.2 Å². The van der Waals surface area contributed by atoms with E-state index in [2.05, 4.69) is 32.1 Å². The lowest BCUT2D eigenvalue weighted by Crippen LogP contribution is -2.38. The number of nitrogen functional groups attached to an aromatic ring is 1. The molecule has 0 radical (unpaired) electrons. The number of thiazole rings is 1. The van der Waals surface area contributed by atoms with Crippen molar-refractivity contribution < 1.29 is 14.3 Å². The van der Waals surface area contributed by atoms with Crippen molar-refractivity contribution in [1.29, 1.82) is 0 Å². The fourth-order valence-corrected chi connectivity index (χ4v) is 4.42. The maximum atomic E-state index is 13.6. The van der Waals surface area contributed by atoms with Crippen LogP contribution in [0.2, 0.25) is 0 Å². The van der Waals surface area contributed by atoms with Crippen LogP contribution in [-0.4, -0.2) is 38.8 Å². The molecule has 0 fully saturated rings. The first-order valence-corrected chi connectivity index (χ1v) is 11.8. The molecule has 36 heavy (non-hydrogen) atoms. The second kappa shape index (κ2) is 9.85. The van der Waals surface area contributed by atoms with Crippen LogP contribution in [-0.2, 0) is 11.3 Å². The molecule has 1 atom stereocenters. The van der Waals surface area contributed by atoms with Gasteiger partial charge in [0.05, 0.1) is 7.11 Å². The van der Waals surface area contributed by atoms with Crippen LogP contribution >= 0.6 is 11.3 Å². The minimum absolute atomic E-state index is 0.236. The van der Waals surface area contributed by atoms with Gasteiger partial charge in [-0.3, -0.25) is 19.9 Å². The zero-order valence-electron chi connectivity index (χ0n) is 19.1. The molecule has 4 aromatic rings. The zero-order chi connectivity index (χ0) is 25.1. The molecular weight excluding hydrogens is 476 g/mol. The summed E-state index contributed by atoms with van der Waals surface area (Å²) < 4.78 is 5.46. The number of ether oxygens (including phenoxy) is 1.